The predicted octanol–water partition coefficient (Wildman–Crippen LogP) is 4.65. The molecule has 0 aliphatic carbocycles. The molecule has 6 heteroatoms. The average Bonchev–Trinajstić information content (AvgIpc) is 2.44. The van der Waals surface area contributed by atoms with Crippen molar-refractivity contribution in [2.75, 3.05) is 7.05 Å². The lowest BCUT2D eigenvalue weighted by atomic mass is 10.1. The third-order valence-corrected chi connectivity index (χ3v) is 3.74. The quantitative estimate of drug-likeness (QED) is 0.716. The highest BCUT2D eigenvalue weighted by molar-refractivity contribution is 9.10. The Morgan fingerprint density at radius 2 is 1.81 bits per heavy atom. The molecule has 0 aromatic heterocycles. The molecule has 0 unspecified atom stereocenters. The summed E-state index contributed by atoms with van der Waals surface area (Å²) >= 11 is 8.79. The van der Waals surface area contributed by atoms with Gasteiger partial charge in [0.2, 0.25) is 0 Å². The van der Waals surface area contributed by atoms with Gasteiger partial charge in [-0.25, -0.2) is 8.78 Å². The molecule has 0 aliphatic heterocycles. The molecule has 0 N–H and O–H groups in total. The van der Waals surface area contributed by atoms with E-state index in [4.69, 9.17) is 11.6 Å². The summed E-state index contributed by atoms with van der Waals surface area (Å²) in [6.45, 7) is 0.287. The molecule has 0 atom stereocenters. The van der Waals surface area contributed by atoms with E-state index in [1.807, 2.05) is 24.3 Å². The number of nitrogens with zero attached hydrogens (tertiary/aromatic N) is 1. The lowest BCUT2D eigenvalue weighted by molar-refractivity contribution is 0.0780. The molecule has 0 spiro atoms. The van der Waals surface area contributed by atoms with Gasteiger partial charge in [-0.3, -0.25) is 4.79 Å². The molecule has 0 heterocycles. The highest BCUT2D eigenvalue weighted by Gasteiger charge is 2.19. The summed E-state index contributed by atoms with van der Waals surface area (Å²) in [5.74, 6) is -2.27. The maximum Gasteiger partial charge on any atom is 0.256 e. The number of carbonyl (C=O) groups excluding carboxylic acids is 1. The first-order valence-corrected chi connectivity index (χ1v) is 7.20. The van der Waals surface area contributed by atoms with Crippen LogP contribution in [-0.4, -0.2) is 17.9 Å². The number of benzene rings is 2. The number of hydrogen-bond donors (Lipinski definition) is 0. The number of carbonyl (C=O) groups is 1. The van der Waals surface area contributed by atoms with Gasteiger partial charge >= 0.3 is 0 Å². The van der Waals surface area contributed by atoms with E-state index in [1.165, 1.54) is 11.9 Å². The van der Waals surface area contributed by atoms with Crippen molar-refractivity contribution in [1.82, 2.24) is 4.90 Å². The van der Waals surface area contributed by atoms with E-state index < -0.39 is 17.5 Å². The van der Waals surface area contributed by atoms with Crippen LogP contribution in [0.5, 0.6) is 0 Å². The largest absolute Gasteiger partial charge is 0.337 e. The molecule has 21 heavy (non-hydrogen) atoms. The monoisotopic (exact) mass is 373 g/mol. The van der Waals surface area contributed by atoms with Crippen LogP contribution >= 0.6 is 27.5 Å². The van der Waals surface area contributed by atoms with Gasteiger partial charge in [-0.05, 0) is 29.8 Å². The van der Waals surface area contributed by atoms with Gasteiger partial charge in [0.05, 0.1) is 10.6 Å². The van der Waals surface area contributed by atoms with Crippen LogP contribution in [0.1, 0.15) is 15.9 Å². The lowest BCUT2D eigenvalue weighted by Gasteiger charge is -2.18. The Morgan fingerprint density at radius 1 is 1.19 bits per heavy atom. The molecule has 2 aromatic carbocycles. The molecule has 1 amide bonds. The molecule has 0 fully saturated rings. The fourth-order valence-electron chi connectivity index (χ4n) is 1.83. The molecule has 2 aromatic rings. The van der Waals surface area contributed by atoms with Crippen molar-refractivity contribution in [3.05, 3.63) is 68.7 Å². The van der Waals surface area contributed by atoms with E-state index >= 15 is 0 Å². The second kappa shape index (κ2) is 6.54. The Kier molecular flexibility index (Phi) is 4.96. The van der Waals surface area contributed by atoms with E-state index in [0.29, 0.717) is 0 Å². The Labute approximate surface area is 134 Å². The molecule has 2 rings (SSSR count). The lowest BCUT2D eigenvalue weighted by Crippen LogP contribution is -2.27. The summed E-state index contributed by atoms with van der Waals surface area (Å²) in [7, 11) is 1.52. The second-order valence-corrected chi connectivity index (χ2v) is 5.86. The fourth-order valence-corrected chi connectivity index (χ4v) is 2.24. The number of hydrogen-bond acceptors (Lipinski definition) is 1. The van der Waals surface area contributed by atoms with Gasteiger partial charge in [0.25, 0.3) is 5.91 Å². The van der Waals surface area contributed by atoms with Crippen LogP contribution in [-0.2, 0) is 6.54 Å². The van der Waals surface area contributed by atoms with Crippen LogP contribution in [0.4, 0.5) is 8.78 Å². The third kappa shape index (κ3) is 3.80. The number of amides is 1. The zero-order valence-corrected chi connectivity index (χ0v) is 13.4. The summed E-state index contributed by atoms with van der Waals surface area (Å²) < 4.78 is 28.0. The van der Waals surface area contributed by atoms with E-state index in [2.05, 4.69) is 15.9 Å². The summed E-state index contributed by atoms with van der Waals surface area (Å²) in [4.78, 5) is 13.5. The Bertz CT molecular complexity index is 676. The number of halogens is 4. The second-order valence-electron chi connectivity index (χ2n) is 4.53. The Morgan fingerprint density at radius 3 is 2.43 bits per heavy atom. The minimum Gasteiger partial charge on any atom is -0.337 e. The van der Waals surface area contributed by atoms with Crippen molar-refractivity contribution in [3.63, 3.8) is 0 Å². The zero-order valence-electron chi connectivity index (χ0n) is 11.0. The zero-order chi connectivity index (χ0) is 15.6. The minimum absolute atomic E-state index is 0.287. The normalized spacial score (nSPS) is 10.5. The average molecular weight is 375 g/mol. The van der Waals surface area contributed by atoms with Crippen molar-refractivity contribution in [2.24, 2.45) is 0 Å². The standard InChI is InChI=1S/C15H11BrClF2NO/c1-20(8-9-2-4-10(16)5-3-9)15(21)11-6-14(19)12(17)7-13(11)18/h2-7H,8H2,1H3. The summed E-state index contributed by atoms with van der Waals surface area (Å²) in [6, 6.07) is 8.99. The highest BCUT2D eigenvalue weighted by Crippen LogP contribution is 2.21. The predicted molar refractivity (Wildman–Crippen MR) is 81.3 cm³/mol. The summed E-state index contributed by atoms with van der Waals surface area (Å²) in [5.41, 5.74) is 0.542. The van der Waals surface area contributed by atoms with Crippen LogP contribution in [0.25, 0.3) is 0 Å². The van der Waals surface area contributed by atoms with Crippen LogP contribution in [0.15, 0.2) is 40.9 Å². The van der Waals surface area contributed by atoms with E-state index in [1.54, 1.807) is 0 Å². The van der Waals surface area contributed by atoms with Gasteiger partial charge < -0.3 is 4.90 Å². The molecule has 0 saturated carbocycles. The molecular formula is C15H11BrClF2NO. The molecule has 0 radical (unpaired) electrons. The first kappa shape index (κ1) is 15.9. The van der Waals surface area contributed by atoms with Crippen LogP contribution in [0.2, 0.25) is 5.02 Å². The van der Waals surface area contributed by atoms with E-state index in [9.17, 15) is 13.6 Å². The van der Waals surface area contributed by atoms with E-state index in [0.717, 1.165) is 22.2 Å². The van der Waals surface area contributed by atoms with Crippen molar-refractivity contribution in [2.45, 2.75) is 6.54 Å². The van der Waals surface area contributed by atoms with Gasteiger partial charge in [-0.15, -0.1) is 0 Å². The Balaban J connectivity index is 2.19. The summed E-state index contributed by atoms with van der Waals surface area (Å²) in [5, 5.41) is -0.348. The molecule has 0 saturated heterocycles. The van der Waals surface area contributed by atoms with Crippen molar-refractivity contribution in [3.8, 4) is 0 Å². The maximum atomic E-state index is 13.7. The molecular weight excluding hydrogens is 364 g/mol. The van der Waals surface area contributed by atoms with Crippen LogP contribution < -0.4 is 0 Å². The minimum atomic E-state index is -0.839. The van der Waals surface area contributed by atoms with Gasteiger partial charge in [0, 0.05) is 18.1 Å². The molecule has 2 nitrogen and oxygen atoms in total. The first-order chi connectivity index (χ1) is 9.88. The summed E-state index contributed by atoms with van der Waals surface area (Å²) in [6.07, 6.45) is 0. The van der Waals surface area contributed by atoms with Gasteiger partial charge in [0.15, 0.2) is 0 Å². The van der Waals surface area contributed by atoms with Crippen molar-refractivity contribution in [1.29, 1.82) is 0 Å². The maximum absolute atomic E-state index is 13.7. The molecule has 110 valence electrons. The molecule has 0 bridgehead atoms. The van der Waals surface area contributed by atoms with Gasteiger partial charge in [0.1, 0.15) is 11.6 Å². The van der Waals surface area contributed by atoms with Crippen molar-refractivity contribution < 1.29 is 13.6 Å². The molecule has 0 aliphatic rings. The van der Waals surface area contributed by atoms with Crippen LogP contribution in [0, 0.1) is 11.6 Å². The Hall–Kier alpha value is -1.46. The van der Waals surface area contributed by atoms with E-state index in [-0.39, 0.29) is 17.1 Å². The first-order valence-electron chi connectivity index (χ1n) is 6.03. The third-order valence-electron chi connectivity index (χ3n) is 2.92. The SMILES string of the molecule is CN(Cc1ccc(Br)cc1)C(=O)c1cc(F)c(Cl)cc1F. The van der Waals surface area contributed by atoms with Crippen molar-refractivity contribution >= 4 is 33.4 Å². The van der Waals surface area contributed by atoms with Gasteiger partial charge in [-0.1, -0.05) is 39.7 Å². The topological polar surface area (TPSA) is 20.3 Å². The fraction of sp³-hybridized carbons (Fsp3) is 0.133. The number of rotatable bonds is 3. The smallest absolute Gasteiger partial charge is 0.256 e. The highest BCUT2D eigenvalue weighted by atomic mass is 79.9. The van der Waals surface area contributed by atoms with Gasteiger partial charge in [-0.2, -0.15) is 0 Å². The van der Waals surface area contributed by atoms with Crippen LogP contribution in [0.3, 0.4) is 0 Å².